The molecule has 1 fully saturated rings. The van der Waals surface area contributed by atoms with Crippen molar-refractivity contribution in [3.63, 3.8) is 0 Å². The van der Waals surface area contributed by atoms with E-state index in [-0.39, 0.29) is 0 Å². The SMILES string of the molecule is Cc1c(C(C)C)cc(Cl)c2c1O[C@@](C)(C1CCC(N(C)C)CC1)O2. The van der Waals surface area contributed by atoms with Crippen LogP contribution in [0.3, 0.4) is 0 Å². The molecule has 0 N–H and O–H groups in total. The average Bonchev–Trinajstić information content (AvgIpc) is 2.91. The highest BCUT2D eigenvalue weighted by atomic mass is 35.5. The number of ether oxygens (including phenoxy) is 2. The molecule has 2 aliphatic rings. The van der Waals surface area contributed by atoms with Crippen molar-refractivity contribution in [2.45, 2.75) is 71.1 Å². The normalized spacial score (nSPS) is 29.5. The van der Waals surface area contributed by atoms with Crippen molar-refractivity contribution < 1.29 is 9.47 Å². The van der Waals surface area contributed by atoms with Crippen molar-refractivity contribution in [2.24, 2.45) is 5.92 Å². The second kappa shape index (κ2) is 6.42. The summed E-state index contributed by atoms with van der Waals surface area (Å²) in [6.07, 6.45) is 4.64. The van der Waals surface area contributed by atoms with Crippen molar-refractivity contribution in [1.29, 1.82) is 0 Å². The zero-order valence-electron chi connectivity index (χ0n) is 15.8. The summed E-state index contributed by atoms with van der Waals surface area (Å²) in [7, 11) is 4.34. The molecule has 134 valence electrons. The van der Waals surface area contributed by atoms with Crippen LogP contribution in [0.4, 0.5) is 0 Å². The van der Waals surface area contributed by atoms with Gasteiger partial charge in [0.1, 0.15) is 0 Å². The molecule has 1 saturated carbocycles. The summed E-state index contributed by atoms with van der Waals surface area (Å²) in [5.41, 5.74) is 2.40. The summed E-state index contributed by atoms with van der Waals surface area (Å²) < 4.78 is 12.7. The number of rotatable bonds is 3. The van der Waals surface area contributed by atoms with E-state index in [1.54, 1.807) is 0 Å². The Morgan fingerprint density at radius 3 is 2.25 bits per heavy atom. The maximum Gasteiger partial charge on any atom is 0.251 e. The van der Waals surface area contributed by atoms with E-state index in [1.807, 2.05) is 6.07 Å². The number of halogens is 1. The molecule has 0 bridgehead atoms. The van der Waals surface area contributed by atoms with E-state index >= 15 is 0 Å². The Morgan fingerprint density at radius 2 is 1.71 bits per heavy atom. The summed E-state index contributed by atoms with van der Waals surface area (Å²) in [6, 6.07) is 2.71. The van der Waals surface area contributed by atoms with Gasteiger partial charge in [-0.25, -0.2) is 0 Å². The summed E-state index contributed by atoms with van der Waals surface area (Å²) in [6.45, 7) is 8.56. The lowest BCUT2D eigenvalue weighted by Crippen LogP contribution is -2.46. The second-order valence-corrected chi connectivity index (χ2v) is 8.48. The van der Waals surface area contributed by atoms with Gasteiger partial charge in [-0.1, -0.05) is 25.4 Å². The minimum Gasteiger partial charge on any atom is -0.448 e. The Morgan fingerprint density at radius 1 is 1.12 bits per heavy atom. The quantitative estimate of drug-likeness (QED) is 0.729. The lowest BCUT2D eigenvalue weighted by Gasteiger charge is -2.39. The van der Waals surface area contributed by atoms with Gasteiger partial charge in [0.05, 0.1) is 5.02 Å². The van der Waals surface area contributed by atoms with Gasteiger partial charge >= 0.3 is 0 Å². The zero-order valence-corrected chi connectivity index (χ0v) is 16.5. The maximum absolute atomic E-state index is 6.51. The number of nitrogens with zero attached hydrogens (tertiary/aromatic N) is 1. The molecule has 1 aromatic rings. The highest BCUT2D eigenvalue weighted by molar-refractivity contribution is 6.32. The maximum atomic E-state index is 6.51. The highest BCUT2D eigenvalue weighted by Gasteiger charge is 2.47. The van der Waals surface area contributed by atoms with Crippen LogP contribution in [0.25, 0.3) is 0 Å². The monoisotopic (exact) mass is 351 g/mol. The lowest BCUT2D eigenvalue weighted by molar-refractivity contribution is -0.123. The molecule has 3 rings (SSSR count). The first-order chi connectivity index (χ1) is 11.2. The fraction of sp³-hybridized carbons (Fsp3) is 0.700. The third-order valence-corrected chi connectivity index (χ3v) is 6.16. The van der Waals surface area contributed by atoms with Gasteiger partial charge in [0.25, 0.3) is 5.79 Å². The molecule has 1 atom stereocenters. The summed E-state index contributed by atoms with van der Waals surface area (Å²) in [5.74, 6) is 1.81. The van der Waals surface area contributed by atoms with Crippen molar-refractivity contribution >= 4 is 11.6 Å². The standard InChI is InChI=1S/C20H30ClNO2/c1-12(2)16-11-17(21)19-18(13(16)3)23-20(4,24-19)14-7-9-15(10-8-14)22(5)6/h11-12,14-15H,7-10H2,1-6H3/t14?,15?,20-/m1/s1. The molecule has 4 heteroatoms. The van der Waals surface area contributed by atoms with Crippen molar-refractivity contribution in [2.75, 3.05) is 14.1 Å². The van der Waals surface area contributed by atoms with Crippen LogP contribution in [-0.2, 0) is 0 Å². The fourth-order valence-electron chi connectivity index (χ4n) is 4.25. The molecule has 24 heavy (non-hydrogen) atoms. The van der Waals surface area contributed by atoms with E-state index in [2.05, 4.69) is 46.7 Å². The molecule has 3 nitrogen and oxygen atoms in total. The van der Waals surface area contributed by atoms with Crippen molar-refractivity contribution in [3.05, 3.63) is 22.2 Å². The molecule has 1 aliphatic heterocycles. The second-order valence-electron chi connectivity index (χ2n) is 8.07. The van der Waals surface area contributed by atoms with Gasteiger partial charge in [-0.05, 0) is 69.8 Å². The Labute approximate surface area is 151 Å². The smallest absolute Gasteiger partial charge is 0.251 e. The number of hydrogen-bond acceptors (Lipinski definition) is 3. The molecule has 0 amide bonds. The summed E-state index contributed by atoms with van der Waals surface area (Å²) in [4.78, 5) is 2.33. The molecule has 1 aromatic carbocycles. The van der Waals surface area contributed by atoms with E-state index in [1.165, 1.54) is 18.4 Å². The first-order valence-corrected chi connectivity index (χ1v) is 9.48. The molecular weight excluding hydrogens is 322 g/mol. The first kappa shape index (κ1) is 17.9. The predicted octanol–water partition coefficient (Wildman–Crippen LogP) is 5.38. The predicted molar refractivity (Wildman–Crippen MR) is 99.4 cm³/mol. The Balaban J connectivity index is 1.83. The minimum atomic E-state index is -0.594. The Kier molecular flexibility index (Phi) is 4.78. The summed E-state index contributed by atoms with van der Waals surface area (Å²) in [5, 5.41) is 0.671. The van der Waals surface area contributed by atoms with Gasteiger partial charge in [-0.2, -0.15) is 0 Å². The first-order valence-electron chi connectivity index (χ1n) is 9.10. The fourth-order valence-corrected chi connectivity index (χ4v) is 4.49. The molecule has 1 heterocycles. The number of hydrogen-bond donors (Lipinski definition) is 0. The molecule has 1 aliphatic carbocycles. The topological polar surface area (TPSA) is 21.7 Å². The molecule has 0 aromatic heterocycles. The number of benzene rings is 1. The van der Waals surface area contributed by atoms with E-state index in [4.69, 9.17) is 21.1 Å². The van der Waals surface area contributed by atoms with Gasteiger partial charge in [0.15, 0.2) is 11.5 Å². The number of fused-ring (bicyclic) bond motifs is 1. The third-order valence-electron chi connectivity index (χ3n) is 5.88. The van der Waals surface area contributed by atoms with Crippen LogP contribution in [0.5, 0.6) is 11.5 Å². The van der Waals surface area contributed by atoms with Crippen molar-refractivity contribution in [1.82, 2.24) is 4.90 Å². The van der Waals surface area contributed by atoms with E-state index < -0.39 is 5.79 Å². The van der Waals surface area contributed by atoms with Crippen LogP contribution in [-0.4, -0.2) is 30.8 Å². The molecule has 0 spiro atoms. The van der Waals surface area contributed by atoms with Crippen molar-refractivity contribution in [3.8, 4) is 11.5 Å². The molecule has 0 saturated heterocycles. The zero-order chi connectivity index (χ0) is 17.6. The van der Waals surface area contributed by atoms with Gasteiger partial charge in [0, 0.05) is 18.9 Å². The van der Waals surface area contributed by atoms with Crippen LogP contribution in [0.2, 0.25) is 5.02 Å². The molecule has 0 unspecified atom stereocenters. The van der Waals surface area contributed by atoms with Gasteiger partial charge < -0.3 is 14.4 Å². The lowest BCUT2D eigenvalue weighted by atomic mass is 9.81. The molecular formula is C20H30ClNO2. The molecule has 0 radical (unpaired) electrons. The minimum absolute atomic E-state index is 0.402. The van der Waals surface area contributed by atoms with Gasteiger partial charge in [0.2, 0.25) is 0 Å². The third kappa shape index (κ3) is 3.01. The van der Waals surface area contributed by atoms with Crippen LogP contribution in [0.15, 0.2) is 6.07 Å². The van der Waals surface area contributed by atoms with Crippen LogP contribution >= 0.6 is 11.6 Å². The van der Waals surface area contributed by atoms with E-state index in [9.17, 15) is 0 Å². The Bertz CT molecular complexity index is 621. The highest BCUT2D eigenvalue weighted by Crippen LogP contribution is 2.52. The average molecular weight is 352 g/mol. The van der Waals surface area contributed by atoms with E-state index in [0.29, 0.717) is 22.9 Å². The largest absolute Gasteiger partial charge is 0.448 e. The van der Waals surface area contributed by atoms with E-state index in [0.717, 1.165) is 29.9 Å². The van der Waals surface area contributed by atoms with Gasteiger partial charge in [-0.15, -0.1) is 0 Å². The van der Waals surface area contributed by atoms with Crippen LogP contribution in [0, 0.1) is 12.8 Å². The Hall–Kier alpha value is -0.930. The summed E-state index contributed by atoms with van der Waals surface area (Å²) >= 11 is 6.51. The van der Waals surface area contributed by atoms with Crippen LogP contribution in [0.1, 0.15) is 63.5 Å². The van der Waals surface area contributed by atoms with Crippen LogP contribution < -0.4 is 9.47 Å². The van der Waals surface area contributed by atoms with Gasteiger partial charge in [-0.3, -0.25) is 0 Å².